The normalized spacial score (nSPS) is 12.5. The first-order valence-corrected chi connectivity index (χ1v) is 6.87. The van der Waals surface area contributed by atoms with Gasteiger partial charge in [-0.25, -0.2) is 0 Å². The molecule has 0 aliphatic heterocycles. The highest BCUT2D eigenvalue weighted by atomic mass is 32.1. The predicted octanol–water partition coefficient (Wildman–Crippen LogP) is 3.97. The van der Waals surface area contributed by atoms with Crippen molar-refractivity contribution in [1.29, 1.82) is 0 Å². The van der Waals surface area contributed by atoms with Gasteiger partial charge in [0.15, 0.2) is 0 Å². The van der Waals surface area contributed by atoms with Gasteiger partial charge in [0.25, 0.3) is 0 Å². The van der Waals surface area contributed by atoms with Gasteiger partial charge < -0.3 is 5.32 Å². The van der Waals surface area contributed by atoms with Crippen molar-refractivity contribution in [2.24, 2.45) is 0 Å². The van der Waals surface area contributed by atoms with Crippen molar-refractivity contribution in [2.45, 2.75) is 25.8 Å². The van der Waals surface area contributed by atoms with Gasteiger partial charge >= 0.3 is 0 Å². The van der Waals surface area contributed by atoms with Crippen LogP contribution in [0.25, 0.3) is 10.1 Å². The van der Waals surface area contributed by atoms with Gasteiger partial charge in [0.2, 0.25) is 0 Å². The summed E-state index contributed by atoms with van der Waals surface area (Å²) in [6.45, 7) is 3.11. The Morgan fingerprint density at radius 1 is 1.41 bits per heavy atom. The molecule has 2 aromatic rings. The first-order chi connectivity index (χ1) is 8.36. The predicted molar refractivity (Wildman–Crippen MR) is 76.3 cm³/mol. The molecule has 1 nitrogen and oxygen atoms in total. The molecule has 1 unspecified atom stereocenters. The molecule has 0 spiro atoms. The minimum absolute atomic E-state index is 0.382. The van der Waals surface area contributed by atoms with Gasteiger partial charge in [0, 0.05) is 17.2 Å². The summed E-state index contributed by atoms with van der Waals surface area (Å²) in [6, 6.07) is 8.94. The molecule has 0 saturated heterocycles. The Balaban J connectivity index is 2.31. The molecule has 2 heteroatoms. The van der Waals surface area contributed by atoms with E-state index in [1.165, 1.54) is 15.6 Å². The monoisotopic (exact) mass is 243 g/mol. The quantitative estimate of drug-likeness (QED) is 0.784. The highest BCUT2D eigenvalue weighted by Gasteiger charge is 2.13. The molecule has 0 saturated carbocycles. The fourth-order valence-electron chi connectivity index (χ4n) is 2.11. The lowest BCUT2D eigenvalue weighted by Gasteiger charge is -2.16. The van der Waals surface area contributed by atoms with Gasteiger partial charge in [-0.3, -0.25) is 0 Å². The molecule has 17 heavy (non-hydrogen) atoms. The molecular formula is C15H17NS. The van der Waals surface area contributed by atoms with Crippen LogP contribution >= 0.6 is 11.3 Å². The number of terminal acetylenes is 1. The van der Waals surface area contributed by atoms with Crippen molar-refractivity contribution >= 4 is 21.4 Å². The van der Waals surface area contributed by atoms with Crippen molar-refractivity contribution in [3.63, 3.8) is 0 Å². The van der Waals surface area contributed by atoms with E-state index in [2.05, 4.69) is 47.8 Å². The second kappa shape index (κ2) is 5.86. The lowest BCUT2D eigenvalue weighted by Crippen LogP contribution is -2.20. The average molecular weight is 243 g/mol. The number of thiophene rings is 1. The molecule has 0 fully saturated rings. The maximum Gasteiger partial charge on any atom is 0.0346 e. The standard InChI is InChI=1S/C15H17NS/c1-3-5-9-14(16-4-2)13-11-17-15-10-7-6-8-12(13)15/h1,6-8,10-11,14,16H,4-5,9H2,2H3. The molecule has 0 radical (unpaired) electrons. The summed E-state index contributed by atoms with van der Waals surface area (Å²) in [5.74, 6) is 2.73. The molecule has 0 aliphatic carbocycles. The van der Waals surface area contributed by atoms with Crippen LogP contribution in [0.15, 0.2) is 29.6 Å². The summed E-state index contributed by atoms with van der Waals surface area (Å²) in [5, 5.41) is 7.14. The van der Waals surface area contributed by atoms with Crippen LogP contribution in [-0.4, -0.2) is 6.54 Å². The second-order valence-corrected chi connectivity index (χ2v) is 4.95. The summed E-state index contributed by atoms with van der Waals surface area (Å²) in [5.41, 5.74) is 1.39. The Kier molecular flexibility index (Phi) is 4.19. The number of fused-ring (bicyclic) bond motifs is 1. The molecular weight excluding hydrogens is 226 g/mol. The highest BCUT2D eigenvalue weighted by molar-refractivity contribution is 7.17. The van der Waals surface area contributed by atoms with Crippen molar-refractivity contribution in [3.05, 3.63) is 35.2 Å². The Morgan fingerprint density at radius 2 is 2.24 bits per heavy atom. The number of hydrogen-bond acceptors (Lipinski definition) is 2. The van der Waals surface area contributed by atoms with E-state index in [-0.39, 0.29) is 0 Å². The fraction of sp³-hybridized carbons (Fsp3) is 0.333. The smallest absolute Gasteiger partial charge is 0.0346 e. The Morgan fingerprint density at radius 3 is 3.00 bits per heavy atom. The summed E-state index contributed by atoms with van der Waals surface area (Å²) in [7, 11) is 0. The third-order valence-corrected chi connectivity index (χ3v) is 3.90. The first-order valence-electron chi connectivity index (χ1n) is 5.99. The van der Waals surface area contributed by atoms with E-state index < -0.39 is 0 Å². The van der Waals surface area contributed by atoms with E-state index in [4.69, 9.17) is 6.42 Å². The number of benzene rings is 1. The molecule has 88 valence electrons. The van der Waals surface area contributed by atoms with E-state index in [1.54, 1.807) is 0 Å². The minimum Gasteiger partial charge on any atom is -0.310 e. The molecule has 1 aromatic heterocycles. The van der Waals surface area contributed by atoms with Crippen molar-refractivity contribution < 1.29 is 0 Å². The van der Waals surface area contributed by atoms with Gasteiger partial charge in [0.1, 0.15) is 0 Å². The molecule has 1 N–H and O–H groups in total. The summed E-state index contributed by atoms with van der Waals surface area (Å²) >= 11 is 1.81. The molecule has 0 amide bonds. The minimum atomic E-state index is 0.382. The van der Waals surface area contributed by atoms with E-state index in [1.807, 2.05) is 11.3 Å². The van der Waals surface area contributed by atoms with E-state index >= 15 is 0 Å². The maximum atomic E-state index is 5.36. The van der Waals surface area contributed by atoms with Crippen molar-refractivity contribution in [3.8, 4) is 12.3 Å². The molecule has 2 rings (SSSR count). The third-order valence-electron chi connectivity index (χ3n) is 2.91. The Hall–Kier alpha value is -1.30. The topological polar surface area (TPSA) is 12.0 Å². The summed E-state index contributed by atoms with van der Waals surface area (Å²) in [4.78, 5) is 0. The van der Waals surface area contributed by atoms with Crippen LogP contribution < -0.4 is 5.32 Å². The summed E-state index contributed by atoms with van der Waals surface area (Å²) in [6.07, 6.45) is 7.19. The van der Waals surface area contributed by atoms with Gasteiger partial charge in [-0.05, 0) is 35.4 Å². The van der Waals surface area contributed by atoms with Gasteiger partial charge in [-0.1, -0.05) is 25.1 Å². The molecule has 0 bridgehead atoms. The zero-order valence-electron chi connectivity index (χ0n) is 10.1. The SMILES string of the molecule is C#CCCC(NCC)c1csc2ccccc12. The molecule has 0 aliphatic rings. The largest absolute Gasteiger partial charge is 0.310 e. The fourth-order valence-corrected chi connectivity index (χ4v) is 3.12. The maximum absolute atomic E-state index is 5.36. The van der Waals surface area contributed by atoms with Crippen LogP contribution in [0.3, 0.4) is 0 Å². The van der Waals surface area contributed by atoms with Crippen LogP contribution in [0, 0.1) is 12.3 Å². The Labute approximate surface area is 107 Å². The third kappa shape index (κ3) is 2.69. The summed E-state index contributed by atoms with van der Waals surface area (Å²) < 4.78 is 1.35. The number of nitrogens with one attached hydrogen (secondary N) is 1. The lowest BCUT2D eigenvalue weighted by atomic mass is 10.0. The second-order valence-electron chi connectivity index (χ2n) is 4.04. The van der Waals surface area contributed by atoms with Crippen LogP contribution in [0.5, 0.6) is 0 Å². The lowest BCUT2D eigenvalue weighted by molar-refractivity contribution is 0.527. The van der Waals surface area contributed by atoms with Gasteiger partial charge in [-0.2, -0.15) is 0 Å². The van der Waals surface area contributed by atoms with Gasteiger partial charge in [0.05, 0.1) is 0 Å². The number of rotatable bonds is 5. The molecule has 1 heterocycles. The zero-order chi connectivity index (χ0) is 12.1. The number of hydrogen-bond donors (Lipinski definition) is 1. The van der Waals surface area contributed by atoms with Crippen LogP contribution in [0.1, 0.15) is 31.4 Å². The van der Waals surface area contributed by atoms with Crippen molar-refractivity contribution in [1.82, 2.24) is 5.32 Å². The zero-order valence-corrected chi connectivity index (χ0v) is 10.9. The highest BCUT2D eigenvalue weighted by Crippen LogP contribution is 2.32. The first kappa shape index (κ1) is 12.2. The molecule has 1 aromatic carbocycles. The van der Waals surface area contributed by atoms with Gasteiger partial charge in [-0.15, -0.1) is 23.7 Å². The van der Waals surface area contributed by atoms with Crippen LogP contribution in [0.2, 0.25) is 0 Å². The van der Waals surface area contributed by atoms with E-state index in [9.17, 15) is 0 Å². The van der Waals surface area contributed by atoms with Crippen molar-refractivity contribution in [2.75, 3.05) is 6.54 Å². The van der Waals surface area contributed by atoms with Crippen LogP contribution in [-0.2, 0) is 0 Å². The average Bonchev–Trinajstić information content (AvgIpc) is 2.78. The molecule has 1 atom stereocenters. The Bertz CT molecular complexity index is 521. The van der Waals surface area contributed by atoms with E-state index in [0.29, 0.717) is 6.04 Å². The van der Waals surface area contributed by atoms with E-state index in [0.717, 1.165) is 19.4 Å². The van der Waals surface area contributed by atoms with Crippen LogP contribution in [0.4, 0.5) is 0 Å².